The van der Waals surface area contributed by atoms with Gasteiger partial charge in [-0.1, -0.05) is 0 Å². The summed E-state index contributed by atoms with van der Waals surface area (Å²) in [5.41, 5.74) is 6.27. The van der Waals surface area contributed by atoms with E-state index in [1.807, 2.05) is 11.8 Å². The summed E-state index contributed by atoms with van der Waals surface area (Å²) in [6.07, 6.45) is 0.0362. The molecule has 1 atom stereocenters. The lowest BCUT2D eigenvalue weighted by Gasteiger charge is -2.32. The number of nitrogens with two attached hydrogens (primary N) is 1. The van der Waals surface area contributed by atoms with Crippen molar-refractivity contribution in [3.8, 4) is 0 Å². The number of carbonyl (C=O) groups is 2. The zero-order chi connectivity index (χ0) is 15.6. The molecular weight excluding hydrogens is 296 g/mol. The largest absolute Gasteiger partial charge is 0.465 e. The summed E-state index contributed by atoms with van der Waals surface area (Å²) in [6, 6.07) is 0. The molecule has 116 valence electrons. The minimum absolute atomic E-state index is 0.0362. The summed E-state index contributed by atoms with van der Waals surface area (Å²) in [5.74, 6) is -1.12. The lowest BCUT2D eigenvalue weighted by Crippen LogP contribution is -2.41. The van der Waals surface area contributed by atoms with Crippen molar-refractivity contribution in [3.63, 3.8) is 0 Å². The zero-order valence-corrected chi connectivity index (χ0v) is 13.0. The molecule has 1 aliphatic rings. The van der Waals surface area contributed by atoms with Gasteiger partial charge in [0.25, 0.3) is 0 Å². The molecule has 21 heavy (non-hydrogen) atoms. The molecule has 0 amide bonds. The van der Waals surface area contributed by atoms with E-state index in [9.17, 15) is 9.59 Å². The van der Waals surface area contributed by atoms with Gasteiger partial charge in [0.15, 0.2) is 0 Å². The smallest absolute Gasteiger partial charge is 0.350 e. The van der Waals surface area contributed by atoms with Crippen LogP contribution in [-0.4, -0.2) is 52.0 Å². The van der Waals surface area contributed by atoms with E-state index in [-0.39, 0.29) is 22.2 Å². The van der Waals surface area contributed by atoms with E-state index in [0.717, 1.165) is 11.3 Å². The number of ether oxygens (including phenoxy) is 3. The predicted molar refractivity (Wildman–Crippen MR) is 79.0 cm³/mol. The Morgan fingerprint density at radius 3 is 2.57 bits per heavy atom. The highest BCUT2D eigenvalue weighted by Crippen LogP contribution is 2.39. The molecule has 0 bridgehead atoms. The molecule has 1 aromatic heterocycles. The summed E-state index contributed by atoms with van der Waals surface area (Å²) in [6.45, 7) is 3.73. The van der Waals surface area contributed by atoms with Crippen LogP contribution < -0.4 is 10.6 Å². The Morgan fingerprint density at radius 2 is 2.00 bits per heavy atom. The third-order valence-corrected chi connectivity index (χ3v) is 4.46. The van der Waals surface area contributed by atoms with Crippen LogP contribution in [-0.2, 0) is 14.2 Å². The summed E-state index contributed by atoms with van der Waals surface area (Å²) in [4.78, 5) is 26.0. The summed E-state index contributed by atoms with van der Waals surface area (Å²) < 4.78 is 15.0. The first-order chi connectivity index (χ1) is 9.99. The Balaban J connectivity index is 2.47. The van der Waals surface area contributed by atoms with Gasteiger partial charge in [-0.15, -0.1) is 11.3 Å². The maximum atomic E-state index is 12.0. The Kier molecular flexibility index (Phi) is 4.69. The second-order valence-corrected chi connectivity index (χ2v) is 5.63. The fraction of sp³-hybridized carbons (Fsp3) is 0.538. The first-order valence-corrected chi connectivity index (χ1v) is 7.26. The molecule has 1 aromatic rings. The Labute approximate surface area is 126 Å². The fourth-order valence-electron chi connectivity index (χ4n) is 2.20. The molecule has 1 fully saturated rings. The Hall–Kier alpha value is -1.80. The first-order valence-electron chi connectivity index (χ1n) is 6.45. The Morgan fingerprint density at radius 1 is 1.33 bits per heavy atom. The van der Waals surface area contributed by atoms with E-state index in [1.165, 1.54) is 14.2 Å². The van der Waals surface area contributed by atoms with Crippen LogP contribution in [0.5, 0.6) is 0 Å². The third-order valence-electron chi connectivity index (χ3n) is 3.22. The molecule has 0 radical (unpaired) electrons. The molecule has 0 saturated carbocycles. The number of rotatable bonds is 3. The number of methoxy groups -OCH3 is 2. The van der Waals surface area contributed by atoms with Gasteiger partial charge in [0.05, 0.1) is 32.6 Å². The monoisotopic (exact) mass is 314 g/mol. The van der Waals surface area contributed by atoms with E-state index in [1.54, 1.807) is 0 Å². The highest BCUT2D eigenvalue weighted by molar-refractivity contribution is 7.19. The van der Waals surface area contributed by atoms with Crippen LogP contribution in [0.4, 0.5) is 10.7 Å². The molecule has 0 aliphatic carbocycles. The fourth-order valence-corrected chi connectivity index (χ4v) is 3.36. The van der Waals surface area contributed by atoms with E-state index < -0.39 is 11.9 Å². The molecule has 1 aliphatic heterocycles. The van der Waals surface area contributed by atoms with Crippen LogP contribution in [0.3, 0.4) is 0 Å². The topological polar surface area (TPSA) is 91.1 Å². The molecule has 0 aromatic carbocycles. The van der Waals surface area contributed by atoms with Gasteiger partial charge < -0.3 is 24.8 Å². The highest BCUT2D eigenvalue weighted by Gasteiger charge is 2.31. The number of carbonyl (C=O) groups excluding carboxylic acids is 2. The quantitative estimate of drug-likeness (QED) is 0.836. The predicted octanol–water partition coefficient (Wildman–Crippen LogP) is 1.13. The number of nitrogen functional groups attached to an aromatic ring is 1. The van der Waals surface area contributed by atoms with Gasteiger partial charge in [0, 0.05) is 13.1 Å². The molecule has 2 N–H and O–H groups in total. The molecular formula is C13H18N2O5S. The number of hydrogen-bond donors (Lipinski definition) is 1. The number of thiophene rings is 1. The van der Waals surface area contributed by atoms with Gasteiger partial charge >= 0.3 is 11.9 Å². The summed E-state index contributed by atoms with van der Waals surface area (Å²) >= 11 is 1.14. The van der Waals surface area contributed by atoms with Crippen molar-refractivity contribution in [1.82, 2.24) is 0 Å². The van der Waals surface area contributed by atoms with Gasteiger partial charge in [-0.2, -0.15) is 0 Å². The van der Waals surface area contributed by atoms with Crippen molar-refractivity contribution in [2.24, 2.45) is 0 Å². The molecule has 0 spiro atoms. The van der Waals surface area contributed by atoms with Gasteiger partial charge in [-0.3, -0.25) is 0 Å². The van der Waals surface area contributed by atoms with Crippen LogP contribution in [0.1, 0.15) is 27.0 Å². The van der Waals surface area contributed by atoms with Gasteiger partial charge in [-0.05, 0) is 6.92 Å². The number of nitrogens with zero attached hydrogens (tertiary/aromatic N) is 1. The van der Waals surface area contributed by atoms with Crippen LogP contribution >= 0.6 is 11.3 Å². The molecule has 2 heterocycles. The van der Waals surface area contributed by atoms with Crippen LogP contribution in [0.15, 0.2) is 0 Å². The average molecular weight is 314 g/mol. The first kappa shape index (κ1) is 15.6. The number of morpholine rings is 1. The van der Waals surface area contributed by atoms with Crippen molar-refractivity contribution < 1.29 is 23.8 Å². The standard InChI is InChI=1S/C13H18N2O5S/c1-7-6-15(4-5-20-7)11-8(12(16)18-2)9(14)10(21-11)13(17)19-3/h7H,4-6,14H2,1-3H3. The van der Waals surface area contributed by atoms with Crippen molar-refractivity contribution in [3.05, 3.63) is 10.4 Å². The third kappa shape index (κ3) is 2.96. The zero-order valence-electron chi connectivity index (χ0n) is 12.2. The second-order valence-electron chi connectivity index (χ2n) is 4.64. The Bertz CT molecular complexity index is 557. The van der Waals surface area contributed by atoms with E-state index in [4.69, 9.17) is 19.9 Å². The number of hydrogen-bond acceptors (Lipinski definition) is 8. The van der Waals surface area contributed by atoms with Crippen LogP contribution in [0.25, 0.3) is 0 Å². The number of esters is 2. The van der Waals surface area contributed by atoms with E-state index in [0.29, 0.717) is 24.7 Å². The molecule has 2 rings (SSSR count). The summed E-state index contributed by atoms with van der Waals surface area (Å²) in [7, 11) is 2.55. The lowest BCUT2D eigenvalue weighted by atomic mass is 10.2. The highest BCUT2D eigenvalue weighted by atomic mass is 32.1. The van der Waals surface area contributed by atoms with Gasteiger partial charge in [0.2, 0.25) is 0 Å². The molecule has 1 unspecified atom stereocenters. The molecule has 1 saturated heterocycles. The van der Waals surface area contributed by atoms with Crippen molar-refractivity contribution in [1.29, 1.82) is 0 Å². The maximum absolute atomic E-state index is 12.0. The second kappa shape index (κ2) is 6.31. The molecule has 7 nitrogen and oxygen atoms in total. The average Bonchev–Trinajstić information content (AvgIpc) is 2.83. The van der Waals surface area contributed by atoms with Gasteiger partial charge in [-0.25, -0.2) is 9.59 Å². The van der Waals surface area contributed by atoms with E-state index in [2.05, 4.69) is 0 Å². The van der Waals surface area contributed by atoms with Crippen molar-refractivity contribution in [2.45, 2.75) is 13.0 Å². The minimum Gasteiger partial charge on any atom is -0.465 e. The normalized spacial score (nSPS) is 18.4. The SMILES string of the molecule is COC(=O)c1sc(N2CCOC(C)C2)c(C(=O)OC)c1N. The van der Waals surface area contributed by atoms with Crippen molar-refractivity contribution >= 4 is 34.0 Å². The minimum atomic E-state index is -0.562. The van der Waals surface area contributed by atoms with Crippen molar-refractivity contribution in [2.75, 3.05) is 44.5 Å². The summed E-state index contributed by atoms with van der Waals surface area (Å²) in [5, 5.41) is 0.620. The van der Waals surface area contributed by atoms with Gasteiger partial charge in [0.1, 0.15) is 15.4 Å². The number of anilines is 2. The van der Waals surface area contributed by atoms with E-state index >= 15 is 0 Å². The molecule has 8 heteroatoms. The maximum Gasteiger partial charge on any atom is 0.350 e. The van der Waals surface area contributed by atoms with Crippen LogP contribution in [0.2, 0.25) is 0 Å². The van der Waals surface area contributed by atoms with Crippen LogP contribution in [0, 0.1) is 0 Å². The lowest BCUT2D eigenvalue weighted by molar-refractivity contribution is 0.0525.